The van der Waals surface area contributed by atoms with Crippen LogP contribution in [-0.2, 0) is 17.9 Å². The molecule has 2 N–H and O–H groups in total. The molecule has 0 aliphatic carbocycles. The maximum atomic E-state index is 5.80. The van der Waals surface area contributed by atoms with Crippen LogP contribution in [0, 0.1) is 0 Å². The van der Waals surface area contributed by atoms with Crippen molar-refractivity contribution in [3.63, 3.8) is 0 Å². The normalized spacial score (nSPS) is 11.8. The van der Waals surface area contributed by atoms with Crippen LogP contribution in [0.4, 0.5) is 0 Å². The van der Waals surface area contributed by atoms with Gasteiger partial charge in [0.1, 0.15) is 0 Å². The van der Waals surface area contributed by atoms with E-state index in [1.807, 2.05) is 0 Å². The van der Waals surface area contributed by atoms with E-state index in [4.69, 9.17) is 10.5 Å². The molecule has 1 aromatic carbocycles. The molecule has 0 amide bonds. The van der Waals surface area contributed by atoms with E-state index in [1.165, 1.54) is 5.56 Å². The maximum absolute atomic E-state index is 5.80. The van der Waals surface area contributed by atoms with E-state index in [0.717, 1.165) is 23.2 Å². The fraction of sp³-hybridized carbons (Fsp3) is 0.625. The van der Waals surface area contributed by atoms with Crippen molar-refractivity contribution >= 4 is 15.9 Å². The average molecular weight is 343 g/mol. The molecule has 0 atom stereocenters. The van der Waals surface area contributed by atoms with Crippen LogP contribution in [0.1, 0.15) is 38.8 Å². The largest absolute Gasteiger partial charge is 0.375 e. The Labute approximate surface area is 131 Å². The third-order valence-corrected chi connectivity index (χ3v) is 4.17. The number of halogens is 1. The second kappa shape index (κ2) is 8.78. The molecule has 0 radical (unpaired) electrons. The van der Waals surface area contributed by atoms with E-state index < -0.39 is 0 Å². The molecule has 0 unspecified atom stereocenters. The Morgan fingerprint density at radius 3 is 2.35 bits per heavy atom. The summed E-state index contributed by atoms with van der Waals surface area (Å²) in [5, 5.41) is 0. The summed E-state index contributed by atoms with van der Waals surface area (Å²) >= 11 is 3.57. The van der Waals surface area contributed by atoms with Crippen molar-refractivity contribution in [1.29, 1.82) is 0 Å². The first kappa shape index (κ1) is 17.6. The van der Waals surface area contributed by atoms with Gasteiger partial charge in [0.2, 0.25) is 0 Å². The number of nitrogens with zero attached hydrogens (tertiary/aromatic N) is 1. The van der Waals surface area contributed by atoms with E-state index in [9.17, 15) is 0 Å². The fourth-order valence-corrected chi connectivity index (χ4v) is 2.84. The van der Waals surface area contributed by atoms with E-state index >= 15 is 0 Å². The average Bonchev–Trinajstić information content (AvgIpc) is 2.39. The van der Waals surface area contributed by atoms with Crippen LogP contribution >= 0.6 is 15.9 Å². The van der Waals surface area contributed by atoms with E-state index in [2.05, 4.69) is 66.7 Å². The van der Waals surface area contributed by atoms with Crippen molar-refractivity contribution in [2.24, 2.45) is 5.73 Å². The van der Waals surface area contributed by atoms with Gasteiger partial charge in [0.05, 0.1) is 13.2 Å². The smallest absolute Gasteiger partial charge is 0.0728 e. The van der Waals surface area contributed by atoms with Gasteiger partial charge in [-0.25, -0.2) is 0 Å². The lowest BCUT2D eigenvalue weighted by Gasteiger charge is -2.30. The van der Waals surface area contributed by atoms with Gasteiger partial charge in [0.25, 0.3) is 0 Å². The molecule has 0 fully saturated rings. The Balaban J connectivity index is 2.41. The molecule has 1 rings (SSSR count). The Hall–Kier alpha value is -0.420. The quantitative estimate of drug-likeness (QED) is 0.734. The molecule has 3 nitrogen and oxygen atoms in total. The zero-order valence-electron chi connectivity index (χ0n) is 13.0. The highest BCUT2D eigenvalue weighted by molar-refractivity contribution is 9.10. The van der Waals surface area contributed by atoms with Gasteiger partial charge in [-0.2, -0.15) is 0 Å². The first-order valence-electron chi connectivity index (χ1n) is 7.26. The molecule has 0 bridgehead atoms. The van der Waals surface area contributed by atoms with Gasteiger partial charge in [-0.1, -0.05) is 28.1 Å². The predicted molar refractivity (Wildman–Crippen MR) is 88.7 cm³/mol. The summed E-state index contributed by atoms with van der Waals surface area (Å²) in [6.45, 7) is 11.8. The molecule has 0 saturated carbocycles. The van der Waals surface area contributed by atoms with Crippen molar-refractivity contribution in [1.82, 2.24) is 4.90 Å². The summed E-state index contributed by atoms with van der Waals surface area (Å²) in [5.74, 6) is 0. The zero-order valence-corrected chi connectivity index (χ0v) is 14.6. The summed E-state index contributed by atoms with van der Waals surface area (Å²) in [4.78, 5) is 2.44. The number of rotatable bonds is 8. The van der Waals surface area contributed by atoms with Crippen LogP contribution in [-0.4, -0.2) is 30.1 Å². The number of hydrogen-bond acceptors (Lipinski definition) is 3. The van der Waals surface area contributed by atoms with Gasteiger partial charge in [0, 0.05) is 29.6 Å². The lowest BCUT2D eigenvalue weighted by atomic mass is 10.1. The minimum Gasteiger partial charge on any atom is -0.375 e. The first-order valence-corrected chi connectivity index (χ1v) is 8.05. The van der Waals surface area contributed by atoms with Gasteiger partial charge in [-0.05, 0) is 44.9 Å². The highest BCUT2D eigenvalue weighted by Gasteiger charge is 2.12. The van der Waals surface area contributed by atoms with E-state index in [0.29, 0.717) is 25.2 Å². The molecule has 114 valence electrons. The van der Waals surface area contributed by atoms with Gasteiger partial charge in [-0.15, -0.1) is 0 Å². The molecule has 0 aliphatic rings. The summed E-state index contributed by atoms with van der Waals surface area (Å²) < 4.78 is 6.88. The van der Waals surface area contributed by atoms with Crippen LogP contribution in [0.3, 0.4) is 0 Å². The molecular formula is C16H27BrN2O. The molecule has 0 heterocycles. The maximum Gasteiger partial charge on any atom is 0.0728 e. The molecular weight excluding hydrogens is 316 g/mol. The number of nitrogens with two attached hydrogens (primary N) is 1. The summed E-state index contributed by atoms with van der Waals surface area (Å²) in [5.41, 5.74) is 7.92. The van der Waals surface area contributed by atoms with E-state index in [1.54, 1.807) is 0 Å². The van der Waals surface area contributed by atoms with E-state index in [-0.39, 0.29) is 0 Å². The monoisotopic (exact) mass is 342 g/mol. The van der Waals surface area contributed by atoms with Gasteiger partial charge < -0.3 is 10.5 Å². The zero-order chi connectivity index (χ0) is 15.1. The Morgan fingerprint density at radius 2 is 1.85 bits per heavy atom. The van der Waals surface area contributed by atoms with Crippen LogP contribution in [0.2, 0.25) is 0 Å². The summed E-state index contributed by atoms with van der Waals surface area (Å²) in [6.07, 6.45) is 0. The Bertz CT molecular complexity index is 399. The minimum absolute atomic E-state index is 0.550. The van der Waals surface area contributed by atoms with Crippen LogP contribution < -0.4 is 5.73 Å². The number of ether oxygens (including phenoxy) is 1. The number of hydrogen-bond donors (Lipinski definition) is 1. The second-order valence-electron chi connectivity index (χ2n) is 5.61. The molecule has 0 aliphatic heterocycles. The van der Waals surface area contributed by atoms with Crippen LogP contribution in [0.15, 0.2) is 22.7 Å². The minimum atomic E-state index is 0.550. The van der Waals surface area contributed by atoms with Crippen LogP contribution in [0.25, 0.3) is 0 Å². The highest BCUT2D eigenvalue weighted by Crippen LogP contribution is 2.19. The molecule has 0 spiro atoms. The van der Waals surface area contributed by atoms with Gasteiger partial charge in [-0.3, -0.25) is 4.90 Å². The van der Waals surface area contributed by atoms with Gasteiger partial charge in [0.15, 0.2) is 0 Å². The fourth-order valence-electron chi connectivity index (χ4n) is 2.30. The van der Waals surface area contributed by atoms with Crippen molar-refractivity contribution in [2.75, 3.05) is 13.2 Å². The second-order valence-corrected chi connectivity index (χ2v) is 6.46. The van der Waals surface area contributed by atoms with Crippen LogP contribution in [0.5, 0.6) is 0 Å². The SMILES string of the molecule is CC(C)N(CCOCc1ccc(CN)cc1Br)C(C)C. The molecule has 20 heavy (non-hydrogen) atoms. The topological polar surface area (TPSA) is 38.5 Å². The highest BCUT2D eigenvalue weighted by atomic mass is 79.9. The third-order valence-electron chi connectivity index (χ3n) is 3.43. The lowest BCUT2D eigenvalue weighted by molar-refractivity contribution is 0.0697. The molecule has 0 aromatic heterocycles. The van der Waals surface area contributed by atoms with Gasteiger partial charge >= 0.3 is 0 Å². The Kier molecular flexibility index (Phi) is 7.74. The van der Waals surface area contributed by atoms with Crippen molar-refractivity contribution in [3.05, 3.63) is 33.8 Å². The summed E-state index contributed by atoms with van der Waals surface area (Å²) in [6, 6.07) is 7.29. The predicted octanol–water partition coefficient (Wildman–Crippen LogP) is 3.54. The van der Waals surface area contributed by atoms with Crippen molar-refractivity contribution in [3.8, 4) is 0 Å². The molecule has 0 saturated heterocycles. The lowest BCUT2D eigenvalue weighted by Crippen LogP contribution is -2.39. The summed E-state index contributed by atoms with van der Waals surface area (Å²) in [7, 11) is 0. The number of benzene rings is 1. The molecule has 4 heteroatoms. The third kappa shape index (κ3) is 5.52. The van der Waals surface area contributed by atoms with Crippen molar-refractivity contribution < 1.29 is 4.74 Å². The standard InChI is InChI=1S/C16H27BrN2O/c1-12(2)19(13(3)4)7-8-20-11-15-6-5-14(10-18)9-16(15)17/h5-6,9,12-13H,7-8,10-11,18H2,1-4H3. The van der Waals surface area contributed by atoms with Crippen molar-refractivity contribution in [2.45, 2.75) is 52.9 Å². The Morgan fingerprint density at radius 1 is 1.20 bits per heavy atom. The first-order chi connectivity index (χ1) is 9.45. The molecule has 1 aromatic rings.